The summed E-state index contributed by atoms with van der Waals surface area (Å²) in [6.07, 6.45) is -26.0. The number of phenolic OH excluding ortho intramolecular Hbond substituents is 4. The van der Waals surface area contributed by atoms with Crippen molar-refractivity contribution in [1.82, 2.24) is 0 Å². The predicted molar refractivity (Wildman–Crippen MR) is 222 cm³/mol. The van der Waals surface area contributed by atoms with Crippen LogP contribution in [0.5, 0.6) is 40.2 Å². The molecule has 3 saturated heterocycles. The molecule has 0 unspecified atom stereocenters. The van der Waals surface area contributed by atoms with Crippen LogP contribution < -0.4 is 19.6 Å². The van der Waals surface area contributed by atoms with Crippen LogP contribution in [0.4, 0.5) is 0 Å². The lowest BCUT2D eigenvalue weighted by atomic mass is 9.97. The van der Waals surface area contributed by atoms with Gasteiger partial charge in [0.1, 0.15) is 90.5 Å². The largest absolute Gasteiger partial charge is 0.508 e. The molecule has 3 aromatic carbocycles. The summed E-state index contributed by atoms with van der Waals surface area (Å²) in [5.74, 6) is -5.40. The Hall–Kier alpha value is -5.88. The Kier molecular flexibility index (Phi) is 15.3. The summed E-state index contributed by atoms with van der Waals surface area (Å²) in [5, 5.41) is 146. The number of hydrogen-bond acceptors (Lipinski definition) is 25. The number of aliphatic hydroxyl groups excluding tert-OH is 10. The summed E-state index contributed by atoms with van der Waals surface area (Å²) in [6, 6.07) is 9.67. The molecule has 0 aliphatic carbocycles. The minimum Gasteiger partial charge on any atom is -0.508 e. The summed E-state index contributed by atoms with van der Waals surface area (Å²) >= 11 is 0. The first kappa shape index (κ1) is 50.0. The molecule has 0 spiro atoms. The van der Waals surface area contributed by atoms with Gasteiger partial charge in [-0.15, -0.1) is 0 Å². The van der Waals surface area contributed by atoms with E-state index in [1.54, 1.807) is 0 Å². The quantitative estimate of drug-likeness (QED) is 0.0335. The zero-order valence-corrected chi connectivity index (χ0v) is 35.3. The highest BCUT2D eigenvalue weighted by Gasteiger charge is 2.52. The summed E-state index contributed by atoms with van der Waals surface area (Å²) in [6.45, 7) is -2.52. The smallest absolute Gasteiger partial charge is 0.330 e. The summed E-state index contributed by atoms with van der Waals surface area (Å²) in [4.78, 5) is 27.1. The number of carbonyl (C=O) groups is 1. The molecule has 7 rings (SSSR count). The van der Waals surface area contributed by atoms with Crippen LogP contribution in [0.1, 0.15) is 5.56 Å². The van der Waals surface area contributed by atoms with Crippen molar-refractivity contribution in [3.63, 3.8) is 0 Å². The molecule has 4 heterocycles. The standard InChI is InChI=1S/C43H48O25/c1-60-38-21(63-41-35(58)33(56)29(52)24(66-41)14-61-25(49)9-3-15-2-8-18(47)19(48)10-15)11-20-26(30(38)53)31(54)39(37(62-20)16-4-6-17(46)7-5-16)67-43-40(34(57)28(51)23(13-45)65-43)68-42-36(59)32(55)27(50)22(12-44)64-42/h2-11,22-24,27-29,32-36,40-48,50-53,55-59H,12-14H2,1H3/t22-,23-,24-,27-,28-,29-,32+,33+,34+,35-,36-,40-,41-,42+,43+/m1/s1. The van der Waals surface area contributed by atoms with Crippen molar-refractivity contribution in [2.45, 2.75) is 92.1 Å². The number of rotatable bonds is 14. The van der Waals surface area contributed by atoms with E-state index in [1.807, 2.05) is 0 Å². The molecule has 370 valence electrons. The second-order valence-corrected chi connectivity index (χ2v) is 15.7. The second-order valence-electron chi connectivity index (χ2n) is 15.7. The molecule has 3 fully saturated rings. The molecule has 14 N–H and O–H groups in total. The molecule has 3 aliphatic heterocycles. The molecule has 15 atom stereocenters. The Morgan fingerprint density at radius 1 is 0.662 bits per heavy atom. The average Bonchev–Trinajstić information content (AvgIpc) is 3.32. The van der Waals surface area contributed by atoms with Gasteiger partial charge in [0.25, 0.3) is 0 Å². The van der Waals surface area contributed by atoms with Gasteiger partial charge in [0.2, 0.25) is 29.5 Å². The number of aromatic hydroxyl groups is 4. The zero-order chi connectivity index (χ0) is 49.3. The highest BCUT2D eigenvalue weighted by atomic mass is 16.8. The molecule has 3 aliphatic rings. The van der Waals surface area contributed by atoms with Crippen molar-refractivity contribution in [1.29, 1.82) is 0 Å². The van der Waals surface area contributed by atoms with Gasteiger partial charge in [-0.3, -0.25) is 4.79 Å². The Bertz CT molecular complexity index is 2490. The van der Waals surface area contributed by atoms with Crippen LogP contribution in [-0.4, -0.2) is 197 Å². The van der Waals surface area contributed by atoms with E-state index in [0.717, 1.165) is 19.3 Å². The van der Waals surface area contributed by atoms with Crippen LogP contribution in [0.15, 0.2) is 63.8 Å². The van der Waals surface area contributed by atoms with Gasteiger partial charge in [0.15, 0.2) is 41.2 Å². The van der Waals surface area contributed by atoms with E-state index in [9.17, 15) is 81.1 Å². The SMILES string of the molecule is COc1c(O[C@@H]2O[C@H](COC(=O)C=Cc3ccc(O)c(O)c3)[C@@H](O)[C@H](O)[C@H]2O)cc2oc(-c3ccc(O)cc3)c(O[C@@H]3O[C@H](CO)[C@@H](O)[C@H](O)[C@H]3O[C@@H]3O[C@H](CO)[C@@H](O)[C@H](O)[C@H]3O)c(=O)c2c1O. The number of hydrogen-bond donors (Lipinski definition) is 14. The number of methoxy groups -OCH3 is 1. The van der Waals surface area contributed by atoms with Gasteiger partial charge in [-0.2, -0.15) is 0 Å². The third-order valence-electron chi connectivity index (χ3n) is 11.3. The summed E-state index contributed by atoms with van der Waals surface area (Å²) in [7, 11) is 1.04. The van der Waals surface area contributed by atoms with Crippen molar-refractivity contribution in [2.24, 2.45) is 0 Å². The molecule has 0 radical (unpaired) electrons. The summed E-state index contributed by atoms with van der Waals surface area (Å²) in [5.41, 5.74) is -1.36. The Labute approximate surface area is 382 Å². The van der Waals surface area contributed by atoms with Crippen LogP contribution in [0.2, 0.25) is 0 Å². The molecule has 4 aromatic rings. The van der Waals surface area contributed by atoms with Crippen molar-refractivity contribution in [3.05, 3.63) is 70.4 Å². The molecule has 25 nitrogen and oxygen atoms in total. The number of ether oxygens (including phenoxy) is 8. The first-order valence-electron chi connectivity index (χ1n) is 20.6. The summed E-state index contributed by atoms with van der Waals surface area (Å²) < 4.78 is 51.0. The molecule has 0 bridgehead atoms. The maximum Gasteiger partial charge on any atom is 0.330 e. The van der Waals surface area contributed by atoms with Gasteiger partial charge in [0.05, 0.1) is 20.3 Å². The van der Waals surface area contributed by atoms with Crippen molar-refractivity contribution in [2.75, 3.05) is 26.9 Å². The Morgan fingerprint density at radius 2 is 1.26 bits per heavy atom. The second kappa shape index (κ2) is 20.8. The van der Waals surface area contributed by atoms with Gasteiger partial charge >= 0.3 is 5.97 Å². The lowest BCUT2D eigenvalue weighted by molar-refractivity contribution is -0.358. The van der Waals surface area contributed by atoms with E-state index < -0.39 is 169 Å². The molecule has 25 heteroatoms. The highest BCUT2D eigenvalue weighted by molar-refractivity contribution is 5.91. The molecular formula is C43H48O25. The third-order valence-corrected chi connectivity index (χ3v) is 11.3. The monoisotopic (exact) mass is 964 g/mol. The normalized spacial score (nSPS) is 32.0. The number of phenols is 4. The Balaban J connectivity index is 1.22. The lowest BCUT2D eigenvalue weighted by Gasteiger charge is -2.45. The Morgan fingerprint density at radius 3 is 1.90 bits per heavy atom. The maximum atomic E-state index is 14.6. The number of carbonyl (C=O) groups excluding carboxylic acids is 1. The topological polar surface area (TPSA) is 404 Å². The fraction of sp³-hybridized carbons (Fsp3) is 0.442. The van der Waals surface area contributed by atoms with Gasteiger partial charge < -0.3 is 114 Å². The van der Waals surface area contributed by atoms with E-state index in [1.165, 1.54) is 48.5 Å². The zero-order valence-electron chi connectivity index (χ0n) is 35.3. The fourth-order valence-electron chi connectivity index (χ4n) is 7.52. The van der Waals surface area contributed by atoms with Crippen molar-refractivity contribution in [3.8, 4) is 51.6 Å². The molecule has 0 amide bonds. The molecular weight excluding hydrogens is 916 g/mol. The van der Waals surface area contributed by atoms with Crippen molar-refractivity contribution >= 4 is 23.0 Å². The van der Waals surface area contributed by atoms with E-state index in [4.69, 9.17) is 42.3 Å². The minimum absolute atomic E-state index is 0.00710. The maximum absolute atomic E-state index is 14.6. The van der Waals surface area contributed by atoms with Crippen LogP contribution in [0, 0.1) is 0 Å². The fourth-order valence-corrected chi connectivity index (χ4v) is 7.52. The van der Waals surface area contributed by atoms with Gasteiger partial charge in [0, 0.05) is 17.7 Å². The van der Waals surface area contributed by atoms with Crippen LogP contribution in [0.25, 0.3) is 28.4 Å². The van der Waals surface area contributed by atoms with Crippen LogP contribution >= 0.6 is 0 Å². The van der Waals surface area contributed by atoms with Crippen LogP contribution in [-0.2, 0) is 28.5 Å². The predicted octanol–water partition coefficient (Wildman–Crippen LogP) is -3.26. The van der Waals surface area contributed by atoms with Gasteiger partial charge in [-0.1, -0.05) is 6.07 Å². The van der Waals surface area contributed by atoms with Crippen LogP contribution in [0.3, 0.4) is 0 Å². The van der Waals surface area contributed by atoms with E-state index in [2.05, 4.69) is 0 Å². The number of esters is 1. The van der Waals surface area contributed by atoms with E-state index in [-0.39, 0.29) is 17.1 Å². The first-order valence-corrected chi connectivity index (χ1v) is 20.6. The van der Waals surface area contributed by atoms with E-state index in [0.29, 0.717) is 5.56 Å². The van der Waals surface area contributed by atoms with Crippen molar-refractivity contribution < 1.29 is 119 Å². The molecule has 1 aromatic heterocycles. The number of fused-ring (bicyclic) bond motifs is 1. The van der Waals surface area contributed by atoms with Gasteiger partial charge in [-0.05, 0) is 48.0 Å². The number of aliphatic hydroxyl groups is 10. The average molecular weight is 965 g/mol. The van der Waals surface area contributed by atoms with E-state index >= 15 is 0 Å². The first-order chi connectivity index (χ1) is 32.4. The molecule has 0 saturated carbocycles. The van der Waals surface area contributed by atoms with Gasteiger partial charge in [-0.25, -0.2) is 4.79 Å². The third kappa shape index (κ3) is 9.98. The minimum atomic E-state index is -2.07. The lowest BCUT2D eigenvalue weighted by Crippen LogP contribution is -2.65. The number of benzene rings is 3. The highest BCUT2D eigenvalue weighted by Crippen LogP contribution is 2.46. The molecule has 68 heavy (non-hydrogen) atoms.